The van der Waals surface area contributed by atoms with Crippen molar-refractivity contribution in [2.75, 3.05) is 18.5 Å². The van der Waals surface area contributed by atoms with Gasteiger partial charge in [0, 0.05) is 19.1 Å². The highest BCUT2D eigenvalue weighted by Gasteiger charge is 2.23. The zero-order chi connectivity index (χ0) is 19.6. The van der Waals surface area contributed by atoms with Crippen LogP contribution in [0, 0.1) is 0 Å². The molecule has 0 bridgehead atoms. The molecule has 1 aliphatic carbocycles. The van der Waals surface area contributed by atoms with Gasteiger partial charge < -0.3 is 10.1 Å². The lowest BCUT2D eigenvalue weighted by Gasteiger charge is -2.21. The molecule has 2 aliphatic rings. The maximum atomic E-state index is 6.46. The molecule has 6 nitrogen and oxygen atoms in total. The van der Waals surface area contributed by atoms with Crippen molar-refractivity contribution in [1.82, 2.24) is 19.7 Å². The molecule has 2 fully saturated rings. The van der Waals surface area contributed by atoms with E-state index >= 15 is 0 Å². The summed E-state index contributed by atoms with van der Waals surface area (Å²) >= 11 is 6.46. The Hall–Kier alpha value is -2.18. The number of benzene rings is 1. The number of nitrogens with one attached hydrogen (secondary N) is 1. The molecule has 29 heavy (non-hydrogen) atoms. The number of hydrogen-bond donors (Lipinski definition) is 1. The third-order valence-electron chi connectivity index (χ3n) is 6.02. The number of rotatable bonds is 5. The van der Waals surface area contributed by atoms with Gasteiger partial charge in [-0.2, -0.15) is 5.10 Å². The van der Waals surface area contributed by atoms with Crippen LogP contribution in [0.4, 0.5) is 5.82 Å². The van der Waals surface area contributed by atoms with Gasteiger partial charge in [-0.25, -0.2) is 14.6 Å². The fourth-order valence-corrected chi connectivity index (χ4v) is 4.63. The maximum absolute atomic E-state index is 6.46. The van der Waals surface area contributed by atoms with Crippen LogP contribution in [0.3, 0.4) is 0 Å². The topological polar surface area (TPSA) is 64.9 Å². The van der Waals surface area contributed by atoms with E-state index in [1.54, 1.807) is 0 Å². The van der Waals surface area contributed by atoms with Crippen LogP contribution in [0.25, 0.3) is 16.7 Å². The third-order valence-corrected chi connectivity index (χ3v) is 6.34. The van der Waals surface area contributed by atoms with Crippen LogP contribution in [0.1, 0.15) is 56.7 Å². The van der Waals surface area contributed by atoms with E-state index in [1.165, 1.54) is 19.3 Å². The Kier molecular flexibility index (Phi) is 5.38. The first-order valence-corrected chi connectivity index (χ1v) is 11.0. The van der Waals surface area contributed by atoms with Crippen LogP contribution in [0.2, 0.25) is 5.02 Å². The van der Waals surface area contributed by atoms with E-state index in [0.717, 1.165) is 67.2 Å². The summed E-state index contributed by atoms with van der Waals surface area (Å²) in [5.41, 5.74) is 1.64. The molecule has 0 radical (unpaired) electrons. The van der Waals surface area contributed by atoms with Crippen molar-refractivity contribution >= 4 is 28.5 Å². The third kappa shape index (κ3) is 3.83. The molecule has 7 heteroatoms. The van der Waals surface area contributed by atoms with Gasteiger partial charge in [0.1, 0.15) is 11.6 Å². The lowest BCUT2D eigenvalue weighted by atomic mass is 9.88. The second kappa shape index (κ2) is 8.28. The van der Waals surface area contributed by atoms with Crippen LogP contribution in [-0.4, -0.2) is 39.0 Å². The summed E-state index contributed by atoms with van der Waals surface area (Å²) in [5, 5.41) is 9.71. The zero-order valence-electron chi connectivity index (χ0n) is 16.5. The highest BCUT2D eigenvalue weighted by atomic mass is 35.5. The Morgan fingerprint density at radius 2 is 1.93 bits per heavy atom. The standard InChI is InChI=1S/C22H26ClN5O/c23-18-10-4-5-11-19(18)28-22-17(14-25-28)21(24-13-16-9-6-12-29-16)26-20(27-22)15-7-2-1-3-8-15/h4-5,10-11,14-16H,1-3,6-9,12-13H2,(H,24,26,27). The maximum Gasteiger partial charge on any atom is 0.168 e. The molecule has 1 aliphatic heterocycles. The lowest BCUT2D eigenvalue weighted by molar-refractivity contribution is 0.120. The van der Waals surface area contributed by atoms with Gasteiger partial charge in [-0.05, 0) is 37.8 Å². The summed E-state index contributed by atoms with van der Waals surface area (Å²) in [6.45, 7) is 1.61. The van der Waals surface area contributed by atoms with E-state index in [4.69, 9.17) is 26.3 Å². The van der Waals surface area contributed by atoms with Crippen molar-refractivity contribution in [2.24, 2.45) is 0 Å². The van der Waals surface area contributed by atoms with Gasteiger partial charge in [-0.3, -0.25) is 0 Å². The first kappa shape index (κ1) is 18.8. The monoisotopic (exact) mass is 411 g/mol. The van der Waals surface area contributed by atoms with Gasteiger partial charge in [0.05, 0.1) is 28.4 Å². The molecule has 0 spiro atoms. The van der Waals surface area contributed by atoms with E-state index in [1.807, 2.05) is 35.1 Å². The predicted molar refractivity (Wildman–Crippen MR) is 115 cm³/mol. The summed E-state index contributed by atoms with van der Waals surface area (Å²) in [5.74, 6) is 2.18. The van der Waals surface area contributed by atoms with E-state index in [0.29, 0.717) is 10.9 Å². The molecule has 1 N–H and O–H groups in total. The minimum absolute atomic E-state index is 0.247. The quantitative estimate of drug-likeness (QED) is 0.632. The highest BCUT2D eigenvalue weighted by Crippen LogP contribution is 2.34. The number of anilines is 1. The predicted octanol–water partition coefficient (Wildman–Crippen LogP) is 5.11. The Bertz CT molecular complexity index is 992. The second-order valence-electron chi connectivity index (χ2n) is 8.03. The molecule has 5 rings (SSSR count). The molecule has 2 aromatic heterocycles. The van der Waals surface area contributed by atoms with Crippen molar-refractivity contribution in [1.29, 1.82) is 0 Å². The first-order valence-electron chi connectivity index (χ1n) is 10.7. The number of ether oxygens (including phenoxy) is 1. The molecule has 1 unspecified atom stereocenters. The molecule has 1 saturated carbocycles. The first-order chi connectivity index (χ1) is 14.3. The van der Waals surface area contributed by atoms with E-state index in [9.17, 15) is 0 Å². The second-order valence-corrected chi connectivity index (χ2v) is 8.43. The Labute approximate surface area is 175 Å². The van der Waals surface area contributed by atoms with Crippen molar-refractivity contribution in [3.63, 3.8) is 0 Å². The van der Waals surface area contributed by atoms with Crippen molar-refractivity contribution < 1.29 is 4.74 Å². The van der Waals surface area contributed by atoms with E-state index < -0.39 is 0 Å². The molecular weight excluding hydrogens is 386 g/mol. The number of halogens is 1. The van der Waals surface area contributed by atoms with Crippen LogP contribution in [0.15, 0.2) is 30.5 Å². The fraction of sp³-hybridized carbons (Fsp3) is 0.500. The summed E-state index contributed by atoms with van der Waals surface area (Å²) in [6.07, 6.45) is 10.4. The number of nitrogens with zero attached hydrogens (tertiary/aromatic N) is 4. The molecular formula is C22H26ClN5O. The van der Waals surface area contributed by atoms with Crippen molar-refractivity contribution in [3.8, 4) is 5.69 Å². The molecule has 0 amide bonds. The van der Waals surface area contributed by atoms with Crippen molar-refractivity contribution in [3.05, 3.63) is 41.3 Å². The smallest absolute Gasteiger partial charge is 0.168 e. The number of hydrogen-bond acceptors (Lipinski definition) is 5. The summed E-state index contributed by atoms with van der Waals surface area (Å²) in [4.78, 5) is 9.93. The molecule has 1 saturated heterocycles. The molecule has 1 atom stereocenters. The average molecular weight is 412 g/mol. The van der Waals surface area contributed by atoms with Crippen LogP contribution < -0.4 is 5.32 Å². The van der Waals surface area contributed by atoms with Gasteiger partial charge >= 0.3 is 0 Å². The number of para-hydroxylation sites is 1. The van der Waals surface area contributed by atoms with Gasteiger partial charge in [0.2, 0.25) is 0 Å². The Morgan fingerprint density at radius 1 is 1.07 bits per heavy atom. The van der Waals surface area contributed by atoms with Gasteiger partial charge in [0.15, 0.2) is 5.65 Å². The van der Waals surface area contributed by atoms with Gasteiger partial charge in [0.25, 0.3) is 0 Å². The van der Waals surface area contributed by atoms with Gasteiger partial charge in [-0.15, -0.1) is 0 Å². The SMILES string of the molecule is Clc1ccccc1-n1ncc2c(NCC3CCCO3)nc(C3CCCCC3)nc21. The van der Waals surface area contributed by atoms with Crippen LogP contribution in [0.5, 0.6) is 0 Å². The average Bonchev–Trinajstić information content (AvgIpc) is 3.43. The zero-order valence-corrected chi connectivity index (χ0v) is 17.2. The molecule has 152 valence electrons. The summed E-state index contributed by atoms with van der Waals surface area (Å²) in [6, 6.07) is 7.74. The molecule has 1 aromatic carbocycles. The number of fused-ring (bicyclic) bond motifs is 1. The summed E-state index contributed by atoms with van der Waals surface area (Å²) in [7, 11) is 0. The van der Waals surface area contributed by atoms with Crippen molar-refractivity contribution in [2.45, 2.75) is 57.0 Å². The van der Waals surface area contributed by atoms with Crippen LogP contribution in [-0.2, 0) is 4.74 Å². The van der Waals surface area contributed by atoms with E-state index in [2.05, 4.69) is 10.4 Å². The fourth-order valence-electron chi connectivity index (χ4n) is 4.42. The van der Waals surface area contributed by atoms with Gasteiger partial charge in [-0.1, -0.05) is 43.0 Å². The van der Waals surface area contributed by atoms with E-state index in [-0.39, 0.29) is 6.10 Å². The minimum Gasteiger partial charge on any atom is -0.376 e. The number of aromatic nitrogens is 4. The Balaban J connectivity index is 1.57. The van der Waals surface area contributed by atoms with Crippen LogP contribution >= 0.6 is 11.6 Å². The minimum atomic E-state index is 0.247. The molecule has 3 aromatic rings. The molecule has 3 heterocycles. The Morgan fingerprint density at radius 3 is 2.72 bits per heavy atom. The highest BCUT2D eigenvalue weighted by molar-refractivity contribution is 6.32. The largest absolute Gasteiger partial charge is 0.376 e. The summed E-state index contributed by atoms with van der Waals surface area (Å²) < 4.78 is 7.62. The lowest BCUT2D eigenvalue weighted by Crippen LogP contribution is -2.20. The normalized spacial score (nSPS) is 20.4.